The summed E-state index contributed by atoms with van der Waals surface area (Å²) in [5.41, 5.74) is -1.33. The van der Waals surface area contributed by atoms with Crippen LogP contribution in [0, 0.1) is 0 Å². The lowest BCUT2D eigenvalue weighted by Crippen LogP contribution is -2.44. The van der Waals surface area contributed by atoms with Gasteiger partial charge in [-0.15, -0.1) is 0 Å². The second-order valence-electron chi connectivity index (χ2n) is 6.30. The van der Waals surface area contributed by atoms with E-state index in [-0.39, 0.29) is 6.61 Å². The van der Waals surface area contributed by atoms with Crippen molar-refractivity contribution in [3.05, 3.63) is 71.8 Å². The number of benzene rings is 2. The highest BCUT2D eigenvalue weighted by Crippen LogP contribution is 2.40. The summed E-state index contributed by atoms with van der Waals surface area (Å²) in [6, 6.07) is 16.7. The first-order valence-electron chi connectivity index (χ1n) is 8.36. The van der Waals surface area contributed by atoms with Crippen molar-refractivity contribution in [3.8, 4) is 0 Å². The van der Waals surface area contributed by atoms with Gasteiger partial charge in [0.1, 0.15) is 12.7 Å². The Morgan fingerprint density at radius 3 is 2.11 bits per heavy atom. The number of alkyl halides is 2. The Morgan fingerprint density at radius 1 is 1.04 bits per heavy atom. The SMILES string of the molecule is C[C@]1(F)C(Br)O[C@H](COC(=O)c2ccccc2)[C@H]1OC(=O)c1ccccc1. The molecule has 5 nitrogen and oxygen atoms in total. The molecule has 0 spiro atoms. The Hall–Kier alpha value is -2.25. The van der Waals surface area contributed by atoms with Gasteiger partial charge in [-0.1, -0.05) is 52.3 Å². The van der Waals surface area contributed by atoms with Crippen LogP contribution >= 0.6 is 15.9 Å². The van der Waals surface area contributed by atoms with Crippen molar-refractivity contribution in [2.45, 2.75) is 29.8 Å². The molecule has 0 radical (unpaired) electrons. The first-order chi connectivity index (χ1) is 12.9. The second-order valence-corrected chi connectivity index (χ2v) is 7.13. The van der Waals surface area contributed by atoms with Crippen molar-refractivity contribution in [1.82, 2.24) is 0 Å². The van der Waals surface area contributed by atoms with Crippen molar-refractivity contribution in [3.63, 3.8) is 0 Å². The van der Waals surface area contributed by atoms with E-state index in [1.165, 1.54) is 6.92 Å². The van der Waals surface area contributed by atoms with Crippen LogP contribution in [0.5, 0.6) is 0 Å². The molecule has 2 aromatic rings. The summed E-state index contributed by atoms with van der Waals surface area (Å²) in [7, 11) is 0. The number of esters is 2. The number of rotatable bonds is 5. The molecule has 1 heterocycles. The highest BCUT2D eigenvalue weighted by Gasteiger charge is 2.56. The molecule has 142 valence electrons. The smallest absolute Gasteiger partial charge is 0.338 e. The van der Waals surface area contributed by atoms with E-state index < -0.39 is 34.8 Å². The van der Waals surface area contributed by atoms with E-state index in [2.05, 4.69) is 15.9 Å². The first kappa shape index (κ1) is 19.5. The van der Waals surface area contributed by atoms with Crippen molar-refractivity contribution < 1.29 is 28.2 Å². The van der Waals surface area contributed by atoms with Crippen LogP contribution in [0.3, 0.4) is 0 Å². The van der Waals surface area contributed by atoms with E-state index in [9.17, 15) is 9.59 Å². The average molecular weight is 437 g/mol. The Morgan fingerprint density at radius 2 is 1.56 bits per heavy atom. The van der Waals surface area contributed by atoms with Gasteiger partial charge in [0.15, 0.2) is 16.8 Å². The van der Waals surface area contributed by atoms with Gasteiger partial charge in [0, 0.05) is 0 Å². The molecule has 4 atom stereocenters. The number of halogens is 2. The molecule has 1 saturated heterocycles. The summed E-state index contributed by atoms with van der Waals surface area (Å²) in [4.78, 5) is 24.4. The Bertz CT molecular complexity index is 797. The molecule has 0 aliphatic carbocycles. The topological polar surface area (TPSA) is 61.8 Å². The summed E-state index contributed by atoms with van der Waals surface area (Å²) in [5.74, 6) is -1.24. The maximum absolute atomic E-state index is 15.1. The van der Waals surface area contributed by atoms with Gasteiger partial charge < -0.3 is 14.2 Å². The van der Waals surface area contributed by atoms with E-state index in [0.717, 1.165) is 0 Å². The molecule has 1 fully saturated rings. The lowest BCUT2D eigenvalue weighted by Gasteiger charge is -2.25. The van der Waals surface area contributed by atoms with Crippen molar-refractivity contribution in [2.75, 3.05) is 6.61 Å². The molecule has 1 aliphatic rings. The van der Waals surface area contributed by atoms with Gasteiger partial charge in [-0.3, -0.25) is 0 Å². The number of hydrogen-bond donors (Lipinski definition) is 0. The van der Waals surface area contributed by atoms with Crippen LogP contribution in [0.2, 0.25) is 0 Å². The molecule has 7 heteroatoms. The average Bonchev–Trinajstić information content (AvgIpc) is 2.90. The minimum absolute atomic E-state index is 0.248. The quantitative estimate of drug-likeness (QED) is 0.525. The van der Waals surface area contributed by atoms with Gasteiger partial charge in [-0.25, -0.2) is 14.0 Å². The molecule has 27 heavy (non-hydrogen) atoms. The van der Waals surface area contributed by atoms with Crippen LogP contribution in [-0.2, 0) is 14.2 Å². The Balaban J connectivity index is 1.69. The number of carbonyl (C=O) groups excluding carboxylic acids is 2. The fourth-order valence-electron chi connectivity index (χ4n) is 2.74. The maximum atomic E-state index is 15.1. The minimum atomic E-state index is -1.99. The molecule has 1 unspecified atom stereocenters. The maximum Gasteiger partial charge on any atom is 0.338 e. The normalized spacial score (nSPS) is 27.1. The van der Waals surface area contributed by atoms with Gasteiger partial charge >= 0.3 is 11.9 Å². The standard InChI is InChI=1S/C20H18BrFO5/c1-20(22)16(27-18(24)14-10-6-3-7-11-14)15(26-19(20)21)12-25-17(23)13-8-4-2-5-9-13/h2-11,15-16,19H,12H2,1H3/t15-,16-,19?,20-/m1/s1. The van der Waals surface area contributed by atoms with E-state index >= 15 is 4.39 Å². The van der Waals surface area contributed by atoms with E-state index in [0.29, 0.717) is 11.1 Å². The zero-order chi connectivity index (χ0) is 19.4. The van der Waals surface area contributed by atoms with Crippen LogP contribution in [0.15, 0.2) is 60.7 Å². The molecule has 1 aliphatic heterocycles. The summed E-state index contributed by atoms with van der Waals surface area (Å²) >= 11 is 3.11. The molecule has 0 aromatic heterocycles. The highest BCUT2D eigenvalue weighted by molar-refractivity contribution is 9.09. The Kier molecular flexibility index (Phi) is 5.92. The fourth-order valence-corrected chi connectivity index (χ4v) is 3.28. The van der Waals surface area contributed by atoms with Crippen LogP contribution < -0.4 is 0 Å². The third-order valence-electron chi connectivity index (χ3n) is 4.26. The summed E-state index contributed by atoms with van der Waals surface area (Å²) in [6.07, 6.45) is -2.18. The summed E-state index contributed by atoms with van der Waals surface area (Å²) in [5, 5.41) is -1.00. The summed E-state index contributed by atoms with van der Waals surface area (Å²) < 4.78 is 31.2. The summed E-state index contributed by atoms with van der Waals surface area (Å²) in [6.45, 7) is 1.02. The van der Waals surface area contributed by atoms with Gasteiger partial charge in [-0.05, 0) is 31.2 Å². The van der Waals surface area contributed by atoms with Gasteiger partial charge in [-0.2, -0.15) is 0 Å². The number of carbonyl (C=O) groups is 2. The van der Waals surface area contributed by atoms with Crippen LogP contribution in [0.1, 0.15) is 27.6 Å². The molecule has 2 aromatic carbocycles. The minimum Gasteiger partial charge on any atom is -0.459 e. The van der Waals surface area contributed by atoms with Gasteiger partial charge in [0.05, 0.1) is 11.1 Å². The molecule has 0 N–H and O–H groups in total. The second kappa shape index (κ2) is 8.19. The Labute approximate surface area is 164 Å². The highest BCUT2D eigenvalue weighted by atomic mass is 79.9. The van der Waals surface area contributed by atoms with Crippen molar-refractivity contribution in [2.24, 2.45) is 0 Å². The van der Waals surface area contributed by atoms with Crippen molar-refractivity contribution >= 4 is 27.9 Å². The molecule has 0 saturated carbocycles. The lowest BCUT2D eigenvalue weighted by atomic mass is 10.0. The van der Waals surface area contributed by atoms with Crippen molar-refractivity contribution in [1.29, 1.82) is 0 Å². The molecular formula is C20H18BrFO5. The molecule has 0 bridgehead atoms. The van der Waals surface area contributed by atoms with Crippen LogP contribution in [0.25, 0.3) is 0 Å². The molecular weight excluding hydrogens is 419 g/mol. The number of hydrogen-bond acceptors (Lipinski definition) is 5. The predicted octanol–water partition coefficient (Wildman–Crippen LogP) is 3.92. The van der Waals surface area contributed by atoms with Crippen LogP contribution in [0.4, 0.5) is 4.39 Å². The first-order valence-corrected chi connectivity index (χ1v) is 9.28. The lowest BCUT2D eigenvalue weighted by molar-refractivity contribution is -0.0422. The monoisotopic (exact) mass is 436 g/mol. The number of ether oxygens (including phenoxy) is 3. The molecule has 3 rings (SSSR count). The van der Waals surface area contributed by atoms with E-state index in [4.69, 9.17) is 14.2 Å². The largest absolute Gasteiger partial charge is 0.459 e. The van der Waals surface area contributed by atoms with E-state index in [1.54, 1.807) is 60.7 Å². The third kappa shape index (κ3) is 4.36. The zero-order valence-corrected chi connectivity index (χ0v) is 16.1. The fraction of sp³-hybridized carbons (Fsp3) is 0.300. The predicted molar refractivity (Wildman–Crippen MR) is 99.5 cm³/mol. The van der Waals surface area contributed by atoms with E-state index in [1.807, 2.05) is 0 Å². The zero-order valence-electron chi connectivity index (χ0n) is 14.5. The van der Waals surface area contributed by atoms with Gasteiger partial charge in [0.25, 0.3) is 0 Å². The van der Waals surface area contributed by atoms with Gasteiger partial charge in [0.2, 0.25) is 0 Å². The van der Waals surface area contributed by atoms with Crippen LogP contribution in [-0.4, -0.2) is 41.4 Å². The third-order valence-corrected chi connectivity index (χ3v) is 5.37. The molecule has 0 amide bonds.